The zero-order chi connectivity index (χ0) is 15.2. The van der Waals surface area contributed by atoms with Gasteiger partial charge >= 0.3 is 0 Å². The van der Waals surface area contributed by atoms with Crippen LogP contribution in [0.2, 0.25) is 0 Å². The predicted molar refractivity (Wildman–Crippen MR) is 81.9 cm³/mol. The topological polar surface area (TPSA) is 54.0 Å². The molecule has 1 amide bonds. The van der Waals surface area contributed by atoms with E-state index in [0.717, 1.165) is 12.8 Å². The van der Waals surface area contributed by atoms with Crippen molar-refractivity contribution >= 4 is 11.7 Å². The summed E-state index contributed by atoms with van der Waals surface area (Å²) in [6.07, 6.45) is 7.47. The minimum atomic E-state index is -0.576. The van der Waals surface area contributed by atoms with Gasteiger partial charge < -0.3 is 10.6 Å². The molecule has 1 atom stereocenters. The first-order valence-electron chi connectivity index (χ1n) is 7.82. The first-order chi connectivity index (χ1) is 10.1. The van der Waals surface area contributed by atoms with E-state index in [-0.39, 0.29) is 23.3 Å². The van der Waals surface area contributed by atoms with Crippen molar-refractivity contribution in [1.82, 2.24) is 10.3 Å². The number of hydrogen-bond acceptors (Lipinski definition) is 3. The van der Waals surface area contributed by atoms with Crippen LogP contribution in [0.5, 0.6) is 0 Å². The number of aromatic nitrogens is 1. The first kappa shape index (κ1) is 15.7. The molecular weight excluding hydrogens is 269 g/mol. The summed E-state index contributed by atoms with van der Waals surface area (Å²) in [6, 6.07) is 1.51. The van der Waals surface area contributed by atoms with Crippen LogP contribution in [0, 0.1) is 11.7 Å². The van der Waals surface area contributed by atoms with Crippen molar-refractivity contribution in [3.63, 3.8) is 0 Å². The van der Waals surface area contributed by atoms with Crippen LogP contribution in [-0.2, 0) is 0 Å². The van der Waals surface area contributed by atoms with Gasteiger partial charge in [-0.05, 0) is 38.7 Å². The Morgan fingerprint density at radius 3 is 2.81 bits per heavy atom. The highest BCUT2D eigenvalue weighted by Crippen LogP contribution is 2.26. The van der Waals surface area contributed by atoms with Crippen molar-refractivity contribution in [2.75, 3.05) is 11.9 Å². The Bertz CT molecular complexity index is 486. The Labute approximate surface area is 125 Å². The van der Waals surface area contributed by atoms with E-state index in [1.54, 1.807) is 0 Å². The molecule has 0 bridgehead atoms. The third kappa shape index (κ3) is 3.93. The Balaban J connectivity index is 2.04. The zero-order valence-electron chi connectivity index (χ0n) is 12.8. The third-order valence-corrected chi connectivity index (χ3v) is 4.19. The van der Waals surface area contributed by atoms with Crippen LogP contribution in [0.1, 0.15) is 56.3 Å². The fraction of sp³-hybridized carbons (Fsp3) is 0.625. The van der Waals surface area contributed by atoms with E-state index in [2.05, 4.69) is 15.6 Å². The molecule has 1 heterocycles. The molecule has 1 aromatic heterocycles. The maximum Gasteiger partial charge on any atom is 0.254 e. The molecule has 0 aromatic carbocycles. The number of anilines is 1. The maximum atomic E-state index is 14.2. The van der Waals surface area contributed by atoms with Gasteiger partial charge in [0.1, 0.15) is 0 Å². The molecule has 5 heteroatoms. The lowest BCUT2D eigenvalue weighted by molar-refractivity contribution is 0.0915. The first-order valence-corrected chi connectivity index (χ1v) is 7.82. The fourth-order valence-electron chi connectivity index (χ4n) is 2.95. The molecule has 1 aliphatic rings. The summed E-state index contributed by atoms with van der Waals surface area (Å²) in [5, 5.41) is 5.76. The van der Waals surface area contributed by atoms with E-state index in [1.807, 2.05) is 13.8 Å². The summed E-state index contributed by atoms with van der Waals surface area (Å²) in [7, 11) is 0. The van der Waals surface area contributed by atoms with Gasteiger partial charge in [0.05, 0.1) is 5.56 Å². The summed E-state index contributed by atoms with van der Waals surface area (Å²) in [5.41, 5.74) is 0.0589. The molecule has 2 N–H and O–H groups in total. The van der Waals surface area contributed by atoms with E-state index < -0.39 is 5.82 Å². The van der Waals surface area contributed by atoms with Crippen molar-refractivity contribution in [2.45, 2.75) is 52.0 Å². The van der Waals surface area contributed by atoms with Crippen molar-refractivity contribution in [3.05, 3.63) is 23.6 Å². The van der Waals surface area contributed by atoms with Crippen LogP contribution in [0.3, 0.4) is 0 Å². The predicted octanol–water partition coefficient (Wildman–Crippen LogP) is 3.35. The number of carbonyl (C=O) groups excluding carboxylic acids is 1. The second kappa shape index (κ2) is 7.38. The van der Waals surface area contributed by atoms with E-state index in [1.165, 1.54) is 31.5 Å². The van der Waals surface area contributed by atoms with E-state index >= 15 is 0 Å². The highest BCUT2D eigenvalue weighted by molar-refractivity contribution is 5.95. The van der Waals surface area contributed by atoms with Crippen LogP contribution in [0.15, 0.2) is 12.3 Å². The molecule has 21 heavy (non-hydrogen) atoms. The van der Waals surface area contributed by atoms with Gasteiger partial charge in [-0.1, -0.05) is 19.3 Å². The van der Waals surface area contributed by atoms with Gasteiger partial charge in [0.15, 0.2) is 11.6 Å². The number of hydrogen-bond donors (Lipinski definition) is 2. The summed E-state index contributed by atoms with van der Waals surface area (Å²) in [4.78, 5) is 16.2. The molecule has 116 valence electrons. The normalized spacial score (nSPS) is 17.3. The lowest BCUT2D eigenvalue weighted by Gasteiger charge is -2.28. The molecule has 0 spiro atoms. The summed E-state index contributed by atoms with van der Waals surface area (Å²) in [6.45, 7) is 4.44. The van der Waals surface area contributed by atoms with Gasteiger partial charge in [-0.25, -0.2) is 9.37 Å². The van der Waals surface area contributed by atoms with Crippen LogP contribution < -0.4 is 10.6 Å². The summed E-state index contributed by atoms with van der Waals surface area (Å²) >= 11 is 0. The van der Waals surface area contributed by atoms with Gasteiger partial charge in [0.25, 0.3) is 5.91 Å². The smallest absolute Gasteiger partial charge is 0.254 e. The van der Waals surface area contributed by atoms with Crippen LogP contribution in [-0.4, -0.2) is 23.5 Å². The van der Waals surface area contributed by atoms with Crippen LogP contribution >= 0.6 is 0 Å². The monoisotopic (exact) mass is 293 g/mol. The van der Waals surface area contributed by atoms with Gasteiger partial charge in [0, 0.05) is 18.8 Å². The highest BCUT2D eigenvalue weighted by Gasteiger charge is 2.23. The second-order valence-corrected chi connectivity index (χ2v) is 5.71. The van der Waals surface area contributed by atoms with Gasteiger partial charge in [0.2, 0.25) is 0 Å². The molecule has 0 radical (unpaired) electrons. The lowest BCUT2D eigenvalue weighted by Crippen LogP contribution is -2.39. The summed E-state index contributed by atoms with van der Waals surface area (Å²) < 4.78 is 14.2. The van der Waals surface area contributed by atoms with Crippen molar-refractivity contribution in [2.24, 2.45) is 5.92 Å². The quantitative estimate of drug-likeness (QED) is 0.875. The Morgan fingerprint density at radius 2 is 2.14 bits per heavy atom. The molecule has 1 aromatic rings. The number of rotatable bonds is 5. The molecule has 1 unspecified atom stereocenters. The number of carbonyl (C=O) groups is 1. The Hall–Kier alpha value is -1.65. The molecule has 4 nitrogen and oxygen atoms in total. The number of nitrogens with zero attached hydrogens (tertiary/aromatic N) is 1. The number of halogens is 1. The summed E-state index contributed by atoms with van der Waals surface area (Å²) in [5.74, 6) is -0.295. The Kier molecular flexibility index (Phi) is 5.53. The van der Waals surface area contributed by atoms with E-state index in [9.17, 15) is 9.18 Å². The highest BCUT2D eigenvalue weighted by atomic mass is 19.1. The fourth-order valence-corrected chi connectivity index (χ4v) is 2.95. The van der Waals surface area contributed by atoms with Gasteiger partial charge in [-0.3, -0.25) is 4.79 Å². The van der Waals surface area contributed by atoms with Crippen molar-refractivity contribution in [1.29, 1.82) is 0 Å². The van der Waals surface area contributed by atoms with E-state index in [4.69, 9.17) is 0 Å². The van der Waals surface area contributed by atoms with Crippen LogP contribution in [0.25, 0.3) is 0 Å². The van der Waals surface area contributed by atoms with Crippen molar-refractivity contribution in [3.8, 4) is 0 Å². The zero-order valence-corrected chi connectivity index (χ0v) is 12.8. The molecule has 1 aliphatic carbocycles. The van der Waals surface area contributed by atoms with E-state index in [0.29, 0.717) is 12.5 Å². The number of amides is 1. The Morgan fingerprint density at radius 1 is 1.43 bits per heavy atom. The second-order valence-electron chi connectivity index (χ2n) is 5.71. The molecule has 0 aliphatic heterocycles. The minimum Gasteiger partial charge on any atom is -0.368 e. The lowest BCUT2D eigenvalue weighted by atomic mass is 9.84. The number of pyridine rings is 1. The SMILES string of the molecule is CCNc1nccc(C(=O)NC(C)C2CCCCC2)c1F. The van der Waals surface area contributed by atoms with Gasteiger partial charge in [-0.15, -0.1) is 0 Å². The maximum absolute atomic E-state index is 14.2. The largest absolute Gasteiger partial charge is 0.368 e. The molecule has 1 saturated carbocycles. The standard InChI is InChI=1S/C16H24FN3O/c1-3-18-15-14(17)13(9-10-19-15)16(21)20-11(2)12-7-5-4-6-8-12/h9-12H,3-8H2,1-2H3,(H,18,19)(H,20,21). The molecular formula is C16H24FN3O. The average Bonchev–Trinajstić information content (AvgIpc) is 2.50. The van der Waals surface area contributed by atoms with Crippen molar-refractivity contribution < 1.29 is 9.18 Å². The number of nitrogens with one attached hydrogen (secondary N) is 2. The third-order valence-electron chi connectivity index (χ3n) is 4.19. The van der Waals surface area contributed by atoms with Gasteiger partial charge in [-0.2, -0.15) is 0 Å². The molecule has 1 fully saturated rings. The molecule has 0 saturated heterocycles. The molecule has 2 rings (SSSR count). The minimum absolute atomic E-state index is 0.0589. The average molecular weight is 293 g/mol. The van der Waals surface area contributed by atoms with Crippen LogP contribution in [0.4, 0.5) is 10.2 Å².